The number of pyridine rings is 1. The third-order valence-electron chi connectivity index (χ3n) is 2.83. The van der Waals surface area contributed by atoms with E-state index in [2.05, 4.69) is 4.98 Å². The summed E-state index contributed by atoms with van der Waals surface area (Å²) in [7, 11) is 1.61. The maximum Gasteiger partial charge on any atom is 0.199 e. The van der Waals surface area contributed by atoms with E-state index in [4.69, 9.17) is 4.74 Å². The maximum atomic E-state index is 12.9. The van der Waals surface area contributed by atoms with Crippen molar-refractivity contribution in [3.8, 4) is 17.3 Å². The van der Waals surface area contributed by atoms with Crippen LogP contribution < -0.4 is 4.74 Å². The van der Waals surface area contributed by atoms with Gasteiger partial charge in [0.25, 0.3) is 0 Å². The minimum absolute atomic E-state index is 0.258. The molecule has 3 rings (SSSR count). The fraction of sp³-hybridized carbons (Fsp3) is 0.0714. The van der Waals surface area contributed by atoms with E-state index in [1.807, 2.05) is 22.6 Å². The van der Waals surface area contributed by atoms with Crippen LogP contribution in [0.25, 0.3) is 16.9 Å². The maximum absolute atomic E-state index is 12.9. The van der Waals surface area contributed by atoms with Gasteiger partial charge in [-0.2, -0.15) is 0 Å². The van der Waals surface area contributed by atoms with Crippen molar-refractivity contribution in [2.75, 3.05) is 7.11 Å². The molecule has 4 heteroatoms. The van der Waals surface area contributed by atoms with Crippen LogP contribution in [0.4, 0.5) is 4.39 Å². The molecular weight excluding hydrogens is 231 g/mol. The van der Waals surface area contributed by atoms with Gasteiger partial charge in [-0.05, 0) is 36.4 Å². The molecule has 0 radical (unpaired) electrons. The lowest BCUT2D eigenvalue weighted by Gasteiger charge is -2.07. The second-order valence-electron chi connectivity index (χ2n) is 3.92. The Balaban J connectivity index is 2.26. The zero-order chi connectivity index (χ0) is 12.5. The van der Waals surface area contributed by atoms with Crippen molar-refractivity contribution in [3.05, 3.63) is 54.5 Å². The molecule has 0 spiro atoms. The summed E-state index contributed by atoms with van der Waals surface area (Å²) in [5, 5.41) is 0. The number of ether oxygens (including phenoxy) is 1. The van der Waals surface area contributed by atoms with Gasteiger partial charge in [0.2, 0.25) is 0 Å². The Labute approximate surface area is 103 Å². The average molecular weight is 242 g/mol. The van der Waals surface area contributed by atoms with Crippen molar-refractivity contribution in [3.63, 3.8) is 0 Å². The van der Waals surface area contributed by atoms with Crippen LogP contribution in [0.1, 0.15) is 0 Å². The summed E-state index contributed by atoms with van der Waals surface area (Å²) < 4.78 is 20.2. The first-order valence-electron chi connectivity index (χ1n) is 5.56. The van der Waals surface area contributed by atoms with Gasteiger partial charge in [-0.15, -0.1) is 0 Å². The van der Waals surface area contributed by atoms with Gasteiger partial charge >= 0.3 is 0 Å². The first-order valence-corrected chi connectivity index (χ1v) is 5.56. The average Bonchev–Trinajstić information content (AvgIpc) is 2.83. The van der Waals surface area contributed by atoms with Crippen molar-refractivity contribution in [1.29, 1.82) is 0 Å². The highest BCUT2D eigenvalue weighted by atomic mass is 19.1. The van der Waals surface area contributed by atoms with Crippen LogP contribution in [0.2, 0.25) is 0 Å². The predicted molar refractivity (Wildman–Crippen MR) is 67.1 cm³/mol. The normalized spacial score (nSPS) is 10.8. The van der Waals surface area contributed by atoms with E-state index < -0.39 is 0 Å². The Morgan fingerprint density at radius 3 is 2.61 bits per heavy atom. The van der Waals surface area contributed by atoms with Crippen molar-refractivity contribution in [2.45, 2.75) is 0 Å². The molecule has 3 nitrogen and oxygen atoms in total. The van der Waals surface area contributed by atoms with E-state index in [1.54, 1.807) is 25.4 Å². The first-order chi connectivity index (χ1) is 8.79. The van der Waals surface area contributed by atoms with Gasteiger partial charge in [0.15, 0.2) is 5.88 Å². The molecule has 0 saturated carbocycles. The predicted octanol–water partition coefficient (Wildman–Crippen LogP) is 3.15. The Morgan fingerprint density at radius 2 is 1.89 bits per heavy atom. The lowest BCUT2D eigenvalue weighted by Crippen LogP contribution is -1.95. The quantitative estimate of drug-likeness (QED) is 0.690. The summed E-state index contributed by atoms with van der Waals surface area (Å²) in [5.41, 5.74) is 1.79. The van der Waals surface area contributed by atoms with Gasteiger partial charge in [0.05, 0.1) is 18.8 Å². The molecule has 0 aliphatic carbocycles. The van der Waals surface area contributed by atoms with Crippen LogP contribution in [0.3, 0.4) is 0 Å². The molecule has 90 valence electrons. The molecule has 0 saturated heterocycles. The molecule has 0 N–H and O–H groups in total. The van der Waals surface area contributed by atoms with Crippen molar-refractivity contribution in [1.82, 2.24) is 9.38 Å². The summed E-state index contributed by atoms with van der Waals surface area (Å²) in [6, 6.07) is 12.0. The van der Waals surface area contributed by atoms with E-state index >= 15 is 0 Å². The molecule has 2 heterocycles. The van der Waals surface area contributed by atoms with Gasteiger partial charge < -0.3 is 4.74 Å². The third kappa shape index (κ3) is 1.62. The highest BCUT2D eigenvalue weighted by molar-refractivity contribution is 5.63. The first kappa shape index (κ1) is 10.8. The molecule has 3 aromatic rings. The molecule has 0 unspecified atom stereocenters. The van der Waals surface area contributed by atoms with Crippen LogP contribution in [0.15, 0.2) is 48.7 Å². The highest BCUT2D eigenvalue weighted by Crippen LogP contribution is 2.24. The number of methoxy groups -OCH3 is 1. The van der Waals surface area contributed by atoms with E-state index in [0.29, 0.717) is 5.88 Å². The number of aromatic nitrogens is 2. The topological polar surface area (TPSA) is 26.5 Å². The van der Waals surface area contributed by atoms with Crippen molar-refractivity contribution >= 4 is 5.52 Å². The molecule has 0 aliphatic heterocycles. The Kier molecular flexibility index (Phi) is 2.48. The lowest BCUT2D eigenvalue weighted by atomic mass is 10.2. The molecule has 0 fully saturated rings. The van der Waals surface area contributed by atoms with Gasteiger partial charge in [-0.3, -0.25) is 4.40 Å². The molecule has 0 amide bonds. The molecule has 2 aromatic heterocycles. The van der Waals surface area contributed by atoms with Crippen LogP contribution in [-0.4, -0.2) is 16.5 Å². The zero-order valence-electron chi connectivity index (χ0n) is 9.80. The molecule has 0 aliphatic rings. The second-order valence-corrected chi connectivity index (χ2v) is 3.92. The number of imidazole rings is 1. The minimum Gasteiger partial charge on any atom is -0.482 e. The lowest BCUT2D eigenvalue weighted by molar-refractivity contribution is 0.393. The number of hydrogen-bond acceptors (Lipinski definition) is 2. The molecule has 1 aromatic carbocycles. The smallest absolute Gasteiger partial charge is 0.199 e. The number of rotatable bonds is 2. The summed E-state index contributed by atoms with van der Waals surface area (Å²) >= 11 is 0. The molecule has 0 bridgehead atoms. The minimum atomic E-state index is -0.258. The van der Waals surface area contributed by atoms with E-state index in [1.165, 1.54) is 12.1 Å². The fourth-order valence-corrected chi connectivity index (χ4v) is 1.98. The van der Waals surface area contributed by atoms with Gasteiger partial charge in [0.1, 0.15) is 11.6 Å². The summed E-state index contributed by atoms with van der Waals surface area (Å²) in [6.07, 6.45) is 1.77. The molecule has 0 atom stereocenters. The molecular formula is C14H11FN2O. The summed E-state index contributed by atoms with van der Waals surface area (Å²) in [6.45, 7) is 0. The van der Waals surface area contributed by atoms with Crippen LogP contribution >= 0.6 is 0 Å². The van der Waals surface area contributed by atoms with E-state index in [-0.39, 0.29) is 5.82 Å². The summed E-state index contributed by atoms with van der Waals surface area (Å²) in [5.74, 6) is 1.18. The van der Waals surface area contributed by atoms with E-state index in [0.717, 1.165) is 16.9 Å². The van der Waals surface area contributed by atoms with Crippen LogP contribution in [0, 0.1) is 5.82 Å². The SMILES string of the molecule is COc1cccc2cnc(-c3ccc(F)cc3)n12. The van der Waals surface area contributed by atoms with Gasteiger partial charge in [0, 0.05) is 5.56 Å². The zero-order valence-corrected chi connectivity index (χ0v) is 9.80. The Morgan fingerprint density at radius 1 is 1.11 bits per heavy atom. The van der Waals surface area contributed by atoms with Crippen LogP contribution in [-0.2, 0) is 0 Å². The van der Waals surface area contributed by atoms with Gasteiger partial charge in [-0.1, -0.05) is 6.07 Å². The third-order valence-corrected chi connectivity index (χ3v) is 2.83. The second kappa shape index (κ2) is 4.14. The summed E-state index contributed by atoms with van der Waals surface area (Å²) in [4.78, 5) is 4.36. The van der Waals surface area contributed by atoms with Crippen LogP contribution in [0.5, 0.6) is 5.88 Å². The largest absolute Gasteiger partial charge is 0.482 e. The van der Waals surface area contributed by atoms with Crippen molar-refractivity contribution < 1.29 is 9.13 Å². The highest BCUT2D eigenvalue weighted by Gasteiger charge is 2.09. The number of nitrogens with zero attached hydrogens (tertiary/aromatic N) is 2. The van der Waals surface area contributed by atoms with E-state index in [9.17, 15) is 4.39 Å². The Bertz CT molecular complexity index is 689. The monoisotopic (exact) mass is 242 g/mol. The van der Waals surface area contributed by atoms with Gasteiger partial charge in [-0.25, -0.2) is 9.37 Å². The van der Waals surface area contributed by atoms with Crippen molar-refractivity contribution in [2.24, 2.45) is 0 Å². The fourth-order valence-electron chi connectivity index (χ4n) is 1.98. The number of hydrogen-bond donors (Lipinski definition) is 0. The standard InChI is InChI=1S/C14H11FN2O/c1-18-13-4-2-3-12-9-16-14(17(12)13)10-5-7-11(15)8-6-10/h2-9H,1H3. The Hall–Kier alpha value is -2.36. The number of fused-ring (bicyclic) bond motifs is 1. The number of halogens is 1. The molecule has 18 heavy (non-hydrogen) atoms. The number of benzene rings is 1.